The van der Waals surface area contributed by atoms with Gasteiger partial charge in [-0.3, -0.25) is 4.79 Å². The van der Waals surface area contributed by atoms with Crippen molar-refractivity contribution in [2.24, 2.45) is 5.92 Å². The monoisotopic (exact) mass is 473 g/mol. The van der Waals surface area contributed by atoms with Crippen LogP contribution in [-0.2, 0) is 14.9 Å². The predicted molar refractivity (Wildman–Crippen MR) is 132 cm³/mol. The lowest BCUT2D eigenvalue weighted by Crippen LogP contribution is -2.46. The maximum atomic E-state index is 13.8. The van der Waals surface area contributed by atoms with Crippen molar-refractivity contribution < 1.29 is 18.7 Å². The van der Waals surface area contributed by atoms with Gasteiger partial charge in [-0.25, -0.2) is 9.18 Å². The summed E-state index contributed by atoms with van der Waals surface area (Å²) >= 11 is 0. The van der Waals surface area contributed by atoms with Crippen LogP contribution in [0, 0.1) is 11.7 Å². The molecule has 7 heteroatoms. The molecule has 4 rings (SSSR count). The summed E-state index contributed by atoms with van der Waals surface area (Å²) in [6, 6.07) is 4.73. The van der Waals surface area contributed by atoms with Gasteiger partial charge in [0.1, 0.15) is 5.82 Å². The van der Waals surface area contributed by atoms with Crippen LogP contribution >= 0.6 is 0 Å². The number of hydrogen-bond donors (Lipinski definition) is 1. The number of benzene rings is 1. The lowest BCUT2D eigenvalue weighted by molar-refractivity contribution is -0.140. The number of amides is 2. The van der Waals surface area contributed by atoms with Gasteiger partial charge in [0.2, 0.25) is 0 Å². The number of alkyl carbamates (subject to hydrolysis) is 1. The molecular weight excluding hydrogens is 433 g/mol. The van der Waals surface area contributed by atoms with E-state index < -0.39 is 12.2 Å². The first-order chi connectivity index (χ1) is 16.2. The number of carbonyl (C=O) groups excluding carboxylic acids is 2. The normalized spacial score (nSPS) is 21.8. The molecule has 1 saturated heterocycles. The van der Waals surface area contributed by atoms with E-state index in [4.69, 9.17) is 4.74 Å². The van der Waals surface area contributed by atoms with Crippen LogP contribution in [0.15, 0.2) is 18.2 Å². The van der Waals surface area contributed by atoms with Crippen molar-refractivity contribution in [3.8, 4) is 0 Å². The second-order valence-electron chi connectivity index (χ2n) is 11.1. The van der Waals surface area contributed by atoms with Gasteiger partial charge in [0, 0.05) is 43.3 Å². The zero-order valence-electron chi connectivity index (χ0n) is 20.9. The van der Waals surface area contributed by atoms with E-state index in [1.807, 2.05) is 17.9 Å². The van der Waals surface area contributed by atoms with Gasteiger partial charge in [-0.05, 0) is 55.9 Å². The van der Waals surface area contributed by atoms with Crippen molar-refractivity contribution in [2.75, 3.05) is 31.1 Å². The number of anilines is 1. The SMILES string of the molecule is C[C@@H](CN1CC(C)(C)c2cc(F)ccc21)NC(=O)OC(CC1CCCCC1)C(=O)N1CCCC1. The lowest BCUT2D eigenvalue weighted by Gasteiger charge is -2.29. The van der Waals surface area contributed by atoms with Gasteiger partial charge in [-0.15, -0.1) is 0 Å². The fourth-order valence-corrected chi connectivity index (χ4v) is 5.94. The van der Waals surface area contributed by atoms with Crippen LogP contribution in [0.25, 0.3) is 0 Å². The van der Waals surface area contributed by atoms with Gasteiger partial charge in [-0.1, -0.05) is 46.0 Å². The molecule has 1 unspecified atom stereocenters. The third kappa shape index (κ3) is 5.84. The molecular formula is C27H40FN3O3. The summed E-state index contributed by atoms with van der Waals surface area (Å²) in [6.07, 6.45) is 7.27. The molecule has 34 heavy (non-hydrogen) atoms. The average molecular weight is 474 g/mol. The van der Waals surface area contributed by atoms with Crippen molar-refractivity contribution in [3.05, 3.63) is 29.6 Å². The second-order valence-corrected chi connectivity index (χ2v) is 11.1. The highest BCUT2D eigenvalue weighted by Crippen LogP contribution is 2.40. The first kappa shape index (κ1) is 24.8. The minimum Gasteiger partial charge on any atom is -0.436 e. The number of ether oxygens (including phenoxy) is 1. The first-order valence-corrected chi connectivity index (χ1v) is 13.0. The maximum absolute atomic E-state index is 13.8. The van der Waals surface area contributed by atoms with E-state index in [1.54, 1.807) is 6.07 Å². The summed E-state index contributed by atoms with van der Waals surface area (Å²) in [5.74, 6) is 0.178. The second kappa shape index (κ2) is 10.5. The Bertz CT molecular complexity index is 878. The highest BCUT2D eigenvalue weighted by molar-refractivity contribution is 5.83. The third-order valence-corrected chi connectivity index (χ3v) is 7.69. The molecule has 1 aliphatic carbocycles. The van der Waals surface area contributed by atoms with Crippen molar-refractivity contribution in [3.63, 3.8) is 0 Å². The Morgan fingerprint density at radius 1 is 1.15 bits per heavy atom. The zero-order valence-corrected chi connectivity index (χ0v) is 20.9. The van der Waals surface area contributed by atoms with Gasteiger partial charge in [0.05, 0.1) is 0 Å². The van der Waals surface area contributed by atoms with Crippen molar-refractivity contribution in [2.45, 2.75) is 89.7 Å². The van der Waals surface area contributed by atoms with Crippen molar-refractivity contribution >= 4 is 17.7 Å². The van der Waals surface area contributed by atoms with Gasteiger partial charge < -0.3 is 19.9 Å². The molecule has 3 aliphatic rings. The predicted octanol–water partition coefficient (Wildman–Crippen LogP) is 5.00. The molecule has 0 bridgehead atoms. The van der Waals surface area contributed by atoms with Gasteiger partial charge in [-0.2, -0.15) is 0 Å². The van der Waals surface area contributed by atoms with E-state index in [9.17, 15) is 14.0 Å². The molecule has 2 fully saturated rings. The number of carbonyl (C=O) groups is 2. The van der Waals surface area contributed by atoms with Crippen molar-refractivity contribution in [1.82, 2.24) is 10.2 Å². The van der Waals surface area contributed by atoms with Gasteiger partial charge >= 0.3 is 6.09 Å². The average Bonchev–Trinajstić information content (AvgIpc) is 3.40. The number of nitrogens with zero attached hydrogens (tertiary/aromatic N) is 2. The van der Waals surface area contributed by atoms with E-state index >= 15 is 0 Å². The van der Waals surface area contributed by atoms with E-state index in [2.05, 4.69) is 24.1 Å². The number of hydrogen-bond acceptors (Lipinski definition) is 4. The molecule has 2 atom stereocenters. The van der Waals surface area contributed by atoms with Gasteiger partial charge in [0.25, 0.3) is 5.91 Å². The van der Waals surface area contributed by atoms with Crippen LogP contribution in [0.1, 0.15) is 77.7 Å². The number of rotatable bonds is 7. The summed E-state index contributed by atoms with van der Waals surface area (Å²) in [6.45, 7) is 9.01. The van der Waals surface area contributed by atoms with Crippen molar-refractivity contribution in [1.29, 1.82) is 0 Å². The fourth-order valence-electron chi connectivity index (χ4n) is 5.94. The highest BCUT2D eigenvalue weighted by atomic mass is 19.1. The molecule has 6 nitrogen and oxygen atoms in total. The van der Waals surface area contributed by atoms with E-state index in [-0.39, 0.29) is 23.2 Å². The topological polar surface area (TPSA) is 61.9 Å². The Kier molecular flexibility index (Phi) is 7.68. The van der Waals surface area contributed by atoms with Crippen LogP contribution in [-0.4, -0.2) is 55.2 Å². The summed E-state index contributed by atoms with van der Waals surface area (Å²) in [5.41, 5.74) is 1.84. The molecule has 2 amide bonds. The maximum Gasteiger partial charge on any atom is 0.408 e. The number of fused-ring (bicyclic) bond motifs is 1. The van der Waals surface area contributed by atoms with Crippen LogP contribution in [0.5, 0.6) is 0 Å². The molecule has 1 aromatic carbocycles. The molecule has 0 aromatic heterocycles. The molecule has 2 heterocycles. The van der Waals surface area contributed by atoms with Crippen LogP contribution < -0.4 is 10.2 Å². The Hall–Kier alpha value is -2.31. The van der Waals surface area contributed by atoms with Crippen LogP contribution in [0.4, 0.5) is 14.9 Å². The largest absolute Gasteiger partial charge is 0.436 e. The van der Waals surface area contributed by atoms with E-state index in [0.29, 0.717) is 18.9 Å². The van der Waals surface area contributed by atoms with E-state index in [0.717, 1.165) is 56.6 Å². The Balaban J connectivity index is 1.36. The fraction of sp³-hybridized carbons (Fsp3) is 0.704. The minimum atomic E-state index is -0.706. The van der Waals surface area contributed by atoms with Crippen LogP contribution in [0.2, 0.25) is 0 Å². The molecule has 1 saturated carbocycles. The smallest absolute Gasteiger partial charge is 0.408 e. The molecule has 2 aliphatic heterocycles. The summed E-state index contributed by atoms with van der Waals surface area (Å²) in [4.78, 5) is 30.0. The molecule has 1 aromatic rings. The van der Waals surface area contributed by atoms with E-state index in [1.165, 1.54) is 25.3 Å². The summed E-state index contributed by atoms with van der Waals surface area (Å²) in [5, 5.41) is 2.94. The number of halogens is 1. The first-order valence-electron chi connectivity index (χ1n) is 13.0. The summed E-state index contributed by atoms with van der Waals surface area (Å²) < 4.78 is 19.6. The Morgan fingerprint density at radius 3 is 2.56 bits per heavy atom. The molecule has 0 spiro atoms. The van der Waals surface area contributed by atoms with Crippen LogP contribution in [0.3, 0.4) is 0 Å². The zero-order chi connectivity index (χ0) is 24.3. The quantitative estimate of drug-likeness (QED) is 0.605. The Morgan fingerprint density at radius 2 is 1.85 bits per heavy atom. The number of nitrogens with one attached hydrogen (secondary N) is 1. The molecule has 1 N–H and O–H groups in total. The number of likely N-dealkylation sites (tertiary alicyclic amines) is 1. The molecule has 188 valence electrons. The Labute approximate surface area is 203 Å². The summed E-state index contributed by atoms with van der Waals surface area (Å²) in [7, 11) is 0. The molecule has 0 radical (unpaired) electrons. The third-order valence-electron chi connectivity index (χ3n) is 7.69. The lowest BCUT2D eigenvalue weighted by atomic mass is 9.85. The highest BCUT2D eigenvalue weighted by Gasteiger charge is 2.36. The minimum absolute atomic E-state index is 0.0388. The standard InChI is InChI=1S/C27H40FN3O3/c1-19(17-31-18-27(2,3)22-16-21(28)11-12-23(22)31)29-26(33)34-24(15-20-9-5-4-6-10-20)25(32)30-13-7-8-14-30/h11-12,16,19-20,24H,4-10,13-15,17-18H2,1-3H3,(H,29,33)/t19-,24?/m0/s1. The van der Waals surface area contributed by atoms with Gasteiger partial charge in [0.15, 0.2) is 6.10 Å².